The van der Waals surface area contributed by atoms with Crippen molar-refractivity contribution in [2.45, 2.75) is 31.9 Å². The van der Waals surface area contributed by atoms with Gasteiger partial charge in [0.05, 0.1) is 0 Å². The van der Waals surface area contributed by atoms with Gasteiger partial charge in [-0.3, -0.25) is 0 Å². The van der Waals surface area contributed by atoms with Gasteiger partial charge < -0.3 is 4.79 Å². The highest BCUT2D eigenvalue weighted by molar-refractivity contribution is 7.80. The van der Waals surface area contributed by atoms with Crippen molar-refractivity contribution in [3.8, 4) is 0 Å². The normalized spacial score (nSPS) is 16.8. The quantitative estimate of drug-likeness (QED) is 0.473. The van der Waals surface area contributed by atoms with Crippen molar-refractivity contribution in [1.82, 2.24) is 0 Å². The van der Waals surface area contributed by atoms with Crippen LogP contribution in [-0.4, -0.2) is 11.5 Å². The second-order valence-electron chi connectivity index (χ2n) is 2.54. The van der Waals surface area contributed by atoms with Crippen LogP contribution >= 0.6 is 12.6 Å². The molecule has 0 aromatic heterocycles. The molecule has 0 radical (unpaired) electrons. The molecule has 0 fully saturated rings. The number of hydrogen-bond donors (Lipinski definition) is 1. The van der Waals surface area contributed by atoms with Crippen LogP contribution in [0.2, 0.25) is 0 Å². The lowest BCUT2D eigenvalue weighted by molar-refractivity contribution is -0.110. The summed E-state index contributed by atoms with van der Waals surface area (Å²) in [7, 11) is 0. The molecule has 0 aromatic carbocycles. The van der Waals surface area contributed by atoms with Crippen LogP contribution in [0.25, 0.3) is 0 Å². The summed E-state index contributed by atoms with van der Waals surface area (Å²) in [6, 6.07) is 0. The lowest BCUT2D eigenvalue weighted by atomic mass is 10.1. The lowest BCUT2D eigenvalue weighted by Gasteiger charge is -2.04. The third-order valence-electron chi connectivity index (χ3n) is 1.27. The van der Waals surface area contributed by atoms with E-state index in [1.807, 2.05) is 13.8 Å². The Kier molecular flexibility index (Phi) is 4.87. The predicted octanol–water partition coefficient (Wildman–Crippen LogP) is 1.92. The molecule has 0 bridgehead atoms. The van der Waals surface area contributed by atoms with Gasteiger partial charge in [-0.05, 0) is 18.1 Å². The van der Waals surface area contributed by atoms with Crippen LogP contribution in [0, 0.1) is 5.92 Å². The van der Waals surface area contributed by atoms with Gasteiger partial charge in [0.1, 0.15) is 6.29 Å². The van der Waals surface area contributed by atoms with E-state index in [2.05, 4.69) is 12.6 Å². The van der Waals surface area contributed by atoms with Gasteiger partial charge in [-0.15, -0.1) is 0 Å². The maximum absolute atomic E-state index is 10.1. The number of carbonyl (C=O) groups excluding carboxylic acids is 1. The first-order valence-electron chi connectivity index (χ1n) is 3.30. The fourth-order valence-corrected chi connectivity index (χ4v) is 0.721. The zero-order chi connectivity index (χ0) is 7.28. The SMILES string of the molecule is CC(S)CCC(C)C=O. The van der Waals surface area contributed by atoms with Gasteiger partial charge in [-0.1, -0.05) is 13.8 Å². The molecule has 0 aliphatic rings. The zero-order valence-corrected chi connectivity index (χ0v) is 6.90. The summed E-state index contributed by atoms with van der Waals surface area (Å²) < 4.78 is 0. The lowest BCUT2D eigenvalue weighted by Crippen LogP contribution is -1.99. The first-order valence-corrected chi connectivity index (χ1v) is 3.81. The molecule has 9 heavy (non-hydrogen) atoms. The highest BCUT2D eigenvalue weighted by Gasteiger charge is 2.00. The van der Waals surface area contributed by atoms with Crippen LogP contribution in [0.1, 0.15) is 26.7 Å². The number of thiol groups is 1. The van der Waals surface area contributed by atoms with Gasteiger partial charge in [0.15, 0.2) is 0 Å². The standard InChI is InChI=1S/C7H14OS/c1-6(5-8)3-4-7(2)9/h5-7,9H,3-4H2,1-2H3. The van der Waals surface area contributed by atoms with Gasteiger partial charge in [-0.2, -0.15) is 12.6 Å². The van der Waals surface area contributed by atoms with E-state index in [-0.39, 0.29) is 5.92 Å². The Morgan fingerprint density at radius 3 is 2.33 bits per heavy atom. The van der Waals surface area contributed by atoms with Crippen molar-refractivity contribution in [1.29, 1.82) is 0 Å². The summed E-state index contributed by atoms with van der Waals surface area (Å²) in [5.41, 5.74) is 0. The van der Waals surface area contributed by atoms with Crippen molar-refractivity contribution in [2.24, 2.45) is 5.92 Å². The van der Waals surface area contributed by atoms with E-state index in [0.717, 1.165) is 19.1 Å². The second-order valence-corrected chi connectivity index (χ2v) is 3.42. The number of carbonyl (C=O) groups is 1. The monoisotopic (exact) mass is 146 g/mol. The van der Waals surface area contributed by atoms with E-state index in [4.69, 9.17) is 0 Å². The third kappa shape index (κ3) is 5.90. The molecule has 0 rings (SSSR count). The Morgan fingerprint density at radius 1 is 1.44 bits per heavy atom. The molecule has 2 heteroatoms. The van der Waals surface area contributed by atoms with Crippen LogP contribution in [0.5, 0.6) is 0 Å². The minimum absolute atomic E-state index is 0.208. The largest absolute Gasteiger partial charge is 0.303 e. The second kappa shape index (κ2) is 4.86. The molecule has 54 valence electrons. The molecule has 0 N–H and O–H groups in total. The minimum atomic E-state index is 0.208. The molecule has 0 amide bonds. The Labute approximate surface area is 62.2 Å². The molecule has 1 nitrogen and oxygen atoms in total. The van der Waals surface area contributed by atoms with Gasteiger partial charge in [-0.25, -0.2) is 0 Å². The smallest absolute Gasteiger partial charge is 0.122 e. The van der Waals surface area contributed by atoms with E-state index in [0.29, 0.717) is 5.25 Å². The van der Waals surface area contributed by atoms with Gasteiger partial charge in [0.25, 0.3) is 0 Å². The molecule has 0 aromatic rings. The molecular formula is C7H14OS. The van der Waals surface area contributed by atoms with Gasteiger partial charge >= 0.3 is 0 Å². The average Bonchev–Trinajstić information content (AvgIpc) is 1.83. The predicted molar refractivity (Wildman–Crippen MR) is 42.9 cm³/mol. The van der Waals surface area contributed by atoms with Crippen LogP contribution in [0.3, 0.4) is 0 Å². The average molecular weight is 146 g/mol. The van der Waals surface area contributed by atoms with E-state index in [1.54, 1.807) is 0 Å². The summed E-state index contributed by atoms with van der Waals surface area (Å²) >= 11 is 4.20. The molecule has 2 unspecified atom stereocenters. The van der Waals surface area contributed by atoms with Crippen molar-refractivity contribution in [2.75, 3.05) is 0 Å². The fourth-order valence-electron chi connectivity index (χ4n) is 0.572. The molecule has 0 saturated carbocycles. The van der Waals surface area contributed by atoms with Gasteiger partial charge in [0.2, 0.25) is 0 Å². The van der Waals surface area contributed by atoms with Crippen molar-refractivity contribution < 1.29 is 4.79 Å². The van der Waals surface area contributed by atoms with E-state index < -0.39 is 0 Å². The summed E-state index contributed by atoms with van der Waals surface area (Å²) in [6.07, 6.45) is 2.99. The van der Waals surface area contributed by atoms with Crippen molar-refractivity contribution in [3.05, 3.63) is 0 Å². The Hall–Kier alpha value is 0.0200. The fraction of sp³-hybridized carbons (Fsp3) is 0.857. The summed E-state index contributed by atoms with van der Waals surface area (Å²) in [4.78, 5) is 10.1. The molecule has 0 heterocycles. The maximum atomic E-state index is 10.1. The maximum Gasteiger partial charge on any atom is 0.122 e. The van der Waals surface area contributed by atoms with Crippen molar-refractivity contribution >= 4 is 18.9 Å². The molecule has 0 aliphatic carbocycles. The van der Waals surface area contributed by atoms with E-state index >= 15 is 0 Å². The highest BCUT2D eigenvalue weighted by Crippen LogP contribution is 2.08. The zero-order valence-electron chi connectivity index (χ0n) is 6.00. The summed E-state index contributed by atoms with van der Waals surface area (Å²) in [6.45, 7) is 3.98. The molecule has 0 spiro atoms. The highest BCUT2D eigenvalue weighted by atomic mass is 32.1. The van der Waals surface area contributed by atoms with Crippen LogP contribution < -0.4 is 0 Å². The number of hydrogen-bond acceptors (Lipinski definition) is 2. The Morgan fingerprint density at radius 2 is 2.00 bits per heavy atom. The molecule has 2 atom stereocenters. The minimum Gasteiger partial charge on any atom is -0.303 e. The molecule has 0 aliphatic heterocycles. The number of rotatable bonds is 4. The van der Waals surface area contributed by atoms with Crippen LogP contribution in [-0.2, 0) is 4.79 Å². The Balaban J connectivity index is 3.16. The van der Waals surface area contributed by atoms with E-state index in [9.17, 15) is 4.79 Å². The summed E-state index contributed by atoms with van der Waals surface area (Å²) in [5, 5.41) is 0.424. The van der Waals surface area contributed by atoms with Gasteiger partial charge in [0, 0.05) is 5.92 Å². The first kappa shape index (κ1) is 9.02. The molecule has 0 saturated heterocycles. The summed E-state index contributed by atoms with van der Waals surface area (Å²) in [5.74, 6) is 0.208. The topological polar surface area (TPSA) is 17.1 Å². The van der Waals surface area contributed by atoms with E-state index in [1.165, 1.54) is 0 Å². The first-order chi connectivity index (χ1) is 4.16. The van der Waals surface area contributed by atoms with Crippen LogP contribution in [0.4, 0.5) is 0 Å². The number of aldehydes is 1. The van der Waals surface area contributed by atoms with Crippen LogP contribution in [0.15, 0.2) is 0 Å². The third-order valence-corrected chi connectivity index (χ3v) is 1.53. The van der Waals surface area contributed by atoms with Crippen molar-refractivity contribution in [3.63, 3.8) is 0 Å². The Bertz CT molecular complexity index is 81.0. The molecular weight excluding hydrogens is 132 g/mol.